The van der Waals surface area contributed by atoms with E-state index >= 15 is 0 Å². The molecule has 0 bridgehead atoms. The third-order valence-electron chi connectivity index (χ3n) is 8.48. The zero-order valence-corrected chi connectivity index (χ0v) is 28.2. The maximum atomic E-state index is 12.8. The van der Waals surface area contributed by atoms with Gasteiger partial charge in [0.15, 0.2) is 0 Å². The second-order valence-electron chi connectivity index (χ2n) is 12.1. The van der Waals surface area contributed by atoms with E-state index in [1.54, 1.807) is 18.0 Å². The van der Waals surface area contributed by atoms with Crippen molar-refractivity contribution in [3.8, 4) is 0 Å². The van der Waals surface area contributed by atoms with Gasteiger partial charge in [0.05, 0.1) is 49.3 Å². The lowest BCUT2D eigenvalue weighted by Gasteiger charge is -2.40. The lowest BCUT2D eigenvalue weighted by atomic mass is 9.90. The van der Waals surface area contributed by atoms with Crippen molar-refractivity contribution in [2.75, 3.05) is 19.1 Å². The molecule has 4 aromatic carbocycles. The van der Waals surface area contributed by atoms with Crippen LogP contribution in [0.3, 0.4) is 0 Å². The van der Waals surface area contributed by atoms with Gasteiger partial charge in [-0.15, -0.1) is 11.8 Å². The minimum Gasteiger partial charge on any atom is -0.374 e. The molecule has 2 unspecified atom stereocenters. The number of fused-ring (bicyclic) bond motifs is 1. The van der Waals surface area contributed by atoms with Crippen LogP contribution in [0, 0.1) is 5.92 Å². The summed E-state index contributed by atoms with van der Waals surface area (Å²) in [5.41, 5.74) is 3.39. The van der Waals surface area contributed by atoms with Gasteiger partial charge in [-0.1, -0.05) is 104 Å². The second-order valence-corrected chi connectivity index (χ2v) is 15.0. The van der Waals surface area contributed by atoms with E-state index < -0.39 is 10.8 Å². The van der Waals surface area contributed by atoms with Crippen LogP contribution >= 0.6 is 11.8 Å². The van der Waals surface area contributed by atoms with E-state index in [9.17, 15) is 4.21 Å². The molecule has 1 fully saturated rings. The molecular weight excluding hydrogens is 601 g/mol. The average molecular weight is 647 g/mol. The van der Waals surface area contributed by atoms with E-state index in [0.717, 1.165) is 29.5 Å². The molecule has 7 atom stereocenters. The number of rotatable bonds is 14. The van der Waals surface area contributed by atoms with Crippen LogP contribution in [0.1, 0.15) is 42.9 Å². The van der Waals surface area contributed by atoms with Crippen molar-refractivity contribution in [3.05, 3.63) is 120 Å². The summed E-state index contributed by atoms with van der Waals surface area (Å²) in [6.45, 7) is 4.17. The summed E-state index contributed by atoms with van der Waals surface area (Å²) in [6.07, 6.45) is 5.22. The highest BCUT2D eigenvalue weighted by Crippen LogP contribution is 2.33. The second kappa shape index (κ2) is 17.4. The Labute approximate surface area is 275 Å². The molecular formula is C38H46O5S2. The maximum absolute atomic E-state index is 12.8. The molecule has 1 saturated heterocycles. The third kappa shape index (κ3) is 10.2. The van der Waals surface area contributed by atoms with E-state index in [4.69, 9.17) is 18.9 Å². The minimum absolute atomic E-state index is 0.0638. The number of thioether (sulfide) groups is 1. The van der Waals surface area contributed by atoms with Crippen LogP contribution in [-0.2, 0) is 49.6 Å². The zero-order chi connectivity index (χ0) is 31.4. The lowest BCUT2D eigenvalue weighted by molar-refractivity contribution is -0.186. The summed E-state index contributed by atoms with van der Waals surface area (Å²) in [5.74, 6) is 0.329. The number of benzene rings is 4. The zero-order valence-electron chi connectivity index (χ0n) is 26.6. The van der Waals surface area contributed by atoms with Gasteiger partial charge in [-0.05, 0) is 65.0 Å². The first-order valence-corrected chi connectivity index (χ1v) is 18.8. The monoisotopic (exact) mass is 646 g/mol. The third-order valence-corrected chi connectivity index (χ3v) is 11.5. The summed E-state index contributed by atoms with van der Waals surface area (Å²) in [5, 5.41) is 2.42. The van der Waals surface area contributed by atoms with Crippen LogP contribution < -0.4 is 0 Å². The highest BCUT2D eigenvalue weighted by molar-refractivity contribution is 8.10. The SMILES string of the molecule is CSC(C[C@H]1O[C@@H](COCc2ccccc2)[C@H](OCc2ccccc2)C[C@H](C)C[C@@H]1OCc1ccc2ccccc2c1)S(C)=O. The molecule has 0 saturated carbocycles. The molecule has 240 valence electrons. The maximum Gasteiger partial charge on any atom is 0.107 e. The van der Waals surface area contributed by atoms with Crippen molar-refractivity contribution in [3.63, 3.8) is 0 Å². The molecule has 0 aromatic heterocycles. The van der Waals surface area contributed by atoms with Gasteiger partial charge >= 0.3 is 0 Å². The highest BCUT2D eigenvalue weighted by atomic mass is 32.2. The Bertz CT molecular complexity index is 1470. The molecule has 5 rings (SSSR count). The molecule has 4 aromatic rings. The molecule has 0 aliphatic carbocycles. The van der Waals surface area contributed by atoms with Gasteiger partial charge in [-0.25, -0.2) is 0 Å². The molecule has 0 spiro atoms. The van der Waals surface area contributed by atoms with E-state index in [2.05, 4.69) is 73.7 Å². The Morgan fingerprint density at radius 1 is 0.756 bits per heavy atom. The Morgan fingerprint density at radius 2 is 1.33 bits per heavy atom. The van der Waals surface area contributed by atoms with Crippen LogP contribution in [0.25, 0.3) is 10.8 Å². The van der Waals surface area contributed by atoms with Crippen LogP contribution in [-0.4, -0.2) is 52.3 Å². The summed E-state index contributed by atoms with van der Waals surface area (Å²) in [7, 11) is -1.01. The van der Waals surface area contributed by atoms with Gasteiger partial charge in [0, 0.05) is 17.1 Å². The lowest BCUT2D eigenvalue weighted by Crippen LogP contribution is -2.47. The Hall–Kier alpha value is -2.52. The van der Waals surface area contributed by atoms with Gasteiger partial charge in [0.25, 0.3) is 0 Å². The summed E-state index contributed by atoms with van der Waals surface area (Å²) in [4.78, 5) is 0. The van der Waals surface area contributed by atoms with Crippen molar-refractivity contribution in [2.24, 2.45) is 5.92 Å². The molecule has 1 aliphatic heterocycles. The predicted molar refractivity (Wildman–Crippen MR) is 187 cm³/mol. The summed E-state index contributed by atoms with van der Waals surface area (Å²) in [6, 6.07) is 35.4. The van der Waals surface area contributed by atoms with Gasteiger partial charge in [-0.3, -0.25) is 4.21 Å². The fourth-order valence-corrected chi connectivity index (χ4v) is 7.96. The molecule has 1 heterocycles. The number of ether oxygens (including phenoxy) is 4. The van der Waals surface area contributed by atoms with Crippen LogP contribution in [0.15, 0.2) is 103 Å². The quantitative estimate of drug-likeness (QED) is 0.138. The summed E-state index contributed by atoms with van der Waals surface area (Å²) >= 11 is 1.63. The number of hydrogen-bond acceptors (Lipinski definition) is 6. The average Bonchev–Trinajstić information content (AvgIpc) is 3.06. The van der Waals surface area contributed by atoms with Crippen LogP contribution in [0.5, 0.6) is 0 Å². The van der Waals surface area contributed by atoms with E-state index in [-0.39, 0.29) is 29.0 Å². The molecule has 45 heavy (non-hydrogen) atoms. The molecule has 5 nitrogen and oxygen atoms in total. The fourth-order valence-electron chi connectivity index (χ4n) is 6.03. The minimum atomic E-state index is -1.01. The Kier molecular flexibility index (Phi) is 13.1. The smallest absolute Gasteiger partial charge is 0.107 e. The molecule has 7 heteroatoms. The van der Waals surface area contributed by atoms with Crippen LogP contribution in [0.2, 0.25) is 0 Å². The Balaban J connectivity index is 1.37. The van der Waals surface area contributed by atoms with Crippen molar-refractivity contribution in [1.29, 1.82) is 0 Å². The summed E-state index contributed by atoms with van der Waals surface area (Å²) < 4.78 is 39.3. The van der Waals surface area contributed by atoms with Gasteiger partial charge in [0.1, 0.15) is 6.10 Å². The fraction of sp³-hybridized carbons (Fsp3) is 0.421. The van der Waals surface area contributed by atoms with Crippen molar-refractivity contribution < 1.29 is 23.2 Å². The topological polar surface area (TPSA) is 54.0 Å². The Morgan fingerprint density at radius 3 is 1.98 bits per heavy atom. The van der Waals surface area contributed by atoms with E-state index in [1.807, 2.05) is 42.7 Å². The van der Waals surface area contributed by atoms with Gasteiger partial charge < -0.3 is 18.9 Å². The first kappa shape index (κ1) is 33.8. The van der Waals surface area contributed by atoms with E-state index in [1.165, 1.54) is 10.8 Å². The molecule has 1 aliphatic rings. The van der Waals surface area contributed by atoms with E-state index in [0.29, 0.717) is 38.8 Å². The van der Waals surface area contributed by atoms with Crippen molar-refractivity contribution >= 4 is 33.3 Å². The van der Waals surface area contributed by atoms with Crippen molar-refractivity contribution in [1.82, 2.24) is 0 Å². The highest BCUT2D eigenvalue weighted by Gasteiger charge is 2.38. The molecule has 0 amide bonds. The predicted octanol–water partition coefficient (Wildman–Crippen LogP) is 8.17. The van der Waals surface area contributed by atoms with Gasteiger partial charge in [0.2, 0.25) is 0 Å². The largest absolute Gasteiger partial charge is 0.374 e. The first-order chi connectivity index (χ1) is 22.0. The van der Waals surface area contributed by atoms with Gasteiger partial charge in [-0.2, -0.15) is 0 Å². The normalized spacial score (nSPS) is 23.7. The molecule has 0 N–H and O–H groups in total. The van der Waals surface area contributed by atoms with Crippen LogP contribution in [0.4, 0.5) is 0 Å². The van der Waals surface area contributed by atoms with Crippen molar-refractivity contribution in [2.45, 2.75) is 75.0 Å². The standard InChI is InChI=1S/C38H46O5S2/c1-28-20-34(42-26-31-18-19-32-16-10-11-17-33(32)22-31)36(23-38(44-2)45(3)39)43-37(27-40-24-29-12-6-4-7-13-29)35(21-28)41-25-30-14-8-5-9-15-30/h4-19,22,28,34-38H,20-21,23-27H2,1-3H3/t28-,34+,35-,36-,37+,38?,45?/m1/s1. The molecule has 0 radical (unpaired) electrons. The number of hydrogen-bond donors (Lipinski definition) is 0. The first-order valence-electron chi connectivity index (χ1n) is 15.9.